The summed E-state index contributed by atoms with van der Waals surface area (Å²) in [7, 11) is 0. The van der Waals surface area contributed by atoms with E-state index in [0.29, 0.717) is 12.5 Å². The molecule has 0 saturated heterocycles. The van der Waals surface area contributed by atoms with Gasteiger partial charge in [-0.1, -0.05) is 32.0 Å². The van der Waals surface area contributed by atoms with Crippen molar-refractivity contribution in [1.29, 1.82) is 0 Å². The number of hydrogen-bond acceptors (Lipinski definition) is 4. The molecule has 1 rings (SSSR count). The van der Waals surface area contributed by atoms with Crippen molar-refractivity contribution in [3.63, 3.8) is 0 Å². The fraction of sp³-hybridized carbons (Fsp3) is 0.438. The zero-order chi connectivity index (χ0) is 15.8. The number of aliphatic hydroxyl groups excluding tert-OH is 1. The van der Waals surface area contributed by atoms with Crippen molar-refractivity contribution in [1.82, 2.24) is 0 Å². The first-order chi connectivity index (χ1) is 9.92. The summed E-state index contributed by atoms with van der Waals surface area (Å²) in [5.41, 5.74) is 6.80. The molecule has 21 heavy (non-hydrogen) atoms. The molecule has 0 aromatic heterocycles. The minimum atomic E-state index is -0.663. The van der Waals surface area contributed by atoms with E-state index in [1.54, 1.807) is 31.2 Å². The van der Waals surface area contributed by atoms with Crippen molar-refractivity contribution >= 4 is 12.0 Å². The highest BCUT2D eigenvalue weighted by molar-refractivity contribution is 5.94. The Morgan fingerprint density at radius 1 is 1.38 bits per heavy atom. The lowest BCUT2D eigenvalue weighted by atomic mass is 10.1. The predicted molar refractivity (Wildman–Crippen MR) is 80.9 cm³/mol. The second-order valence-electron chi connectivity index (χ2n) is 5.19. The topological polar surface area (TPSA) is 81.8 Å². The Hall–Kier alpha value is -1.85. The summed E-state index contributed by atoms with van der Waals surface area (Å²) in [6.07, 6.45) is 0.976. The van der Waals surface area contributed by atoms with Crippen LogP contribution in [0.1, 0.15) is 31.9 Å². The fourth-order valence-corrected chi connectivity index (χ4v) is 1.64. The van der Waals surface area contributed by atoms with Crippen molar-refractivity contribution in [2.75, 3.05) is 6.61 Å². The van der Waals surface area contributed by atoms with Crippen LogP contribution in [0, 0.1) is 5.92 Å². The molecule has 5 heteroatoms. The summed E-state index contributed by atoms with van der Waals surface area (Å²) in [6.45, 7) is 6.23. The maximum Gasteiger partial charge on any atom is 0.283 e. The largest absolute Gasteiger partial charge is 0.459 e. The van der Waals surface area contributed by atoms with Crippen LogP contribution in [0.15, 0.2) is 30.0 Å². The number of hydrogen-bond donors (Lipinski definition) is 2. The molecule has 0 unspecified atom stereocenters. The van der Waals surface area contributed by atoms with Gasteiger partial charge in [-0.15, -0.1) is 0 Å². The van der Waals surface area contributed by atoms with Crippen molar-refractivity contribution in [3.8, 4) is 0 Å². The van der Waals surface area contributed by atoms with Gasteiger partial charge in [-0.25, -0.2) is 0 Å². The van der Waals surface area contributed by atoms with E-state index in [0.717, 1.165) is 11.1 Å². The number of primary amides is 1. The molecule has 0 spiro atoms. The fourth-order valence-electron chi connectivity index (χ4n) is 1.64. The molecule has 5 nitrogen and oxygen atoms in total. The Balaban J connectivity index is 2.80. The first kappa shape index (κ1) is 17.2. The molecule has 0 aliphatic rings. The second-order valence-corrected chi connectivity index (χ2v) is 5.19. The van der Waals surface area contributed by atoms with E-state index in [-0.39, 0.29) is 12.4 Å². The number of aliphatic hydroxyl groups is 1. The summed E-state index contributed by atoms with van der Waals surface area (Å²) in [5.74, 6) is -0.260. The summed E-state index contributed by atoms with van der Waals surface area (Å²) >= 11 is 0. The van der Waals surface area contributed by atoms with E-state index in [9.17, 15) is 4.79 Å². The third-order valence-electron chi connectivity index (χ3n) is 2.63. The lowest BCUT2D eigenvalue weighted by Gasteiger charge is -2.17. The number of nitrogens with two attached hydrogens (primary N) is 1. The molecule has 116 valence electrons. The molecule has 0 heterocycles. The minimum Gasteiger partial charge on any atom is -0.459 e. The molecule has 0 radical (unpaired) electrons. The molecule has 3 N–H and O–H groups in total. The van der Waals surface area contributed by atoms with E-state index in [4.69, 9.17) is 20.3 Å². The predicted octanol–water partition coefficient (Wildman–Crippen LogP) is 2.04. The number of benzene rings is 1. The van der Waals surface area contributed by atoms with Crippen molar-refractivity contribution in [2.45, 2.75) is 33.7 Å². The first-order valence-electron chi connectivity index (χ1n) is 6.92. The van der Waals surface area contributed by atoms with Gasteiger partial charge < -0.3 is 20.3 Å². The van der Waals surface area contributed by atoms with Gasteiger partial charge in [-0.3, -0.25) is 4.79 Å². The van der Waals surface area contributed by atoms with E-state index in [1.807, 2.05) is 13.8 Å². The van der Waals surface area contributed by atoms with Gasteiger partial charge in [-0.2, -0.15) is 0 Å². The lowest BCUT2D eigenvalue weighted by molar-refractivity contribution is -0.133. The number of carbonyl (C=O) groups is 1. The highest BCUT2D eigenvalue weighted by Gasteiger charge is 2.12. The van der Waals surface area contributed by atoms with Gasteiger partial charge >= 0.3 is 0 Å². The van der Waals surface area contributed by atoms with Crippen LogP contribution < -0.4 is 5.73 Å². The SMILES string of the molecule is CC(C)CO[C@H](C)OC(=Cc1cccc(CO)c1)C(N)=O. The average Bonchev–Trinajstić information content (AvgIpc) is 2.44. The van der Waals surface area contributed by atoms with Gasteiger partial charge in [0.25, 0.3) is 5.91 Å². The standard InChI is InChI=1S/C16H23NO4/c1-11(2)10-20-12(3)21-15(16(17)19)8-13-5-4-6-14(7-13)9-18/h4-8,11-12,18H,9-10H2,1-3H3,(H2,17,19)/t12-/m0/s1. The van der Waals surface area contributed by atoms with E-state index >= 15 is 0 Å². The Labute approximate surface area is 125 Å². The number of carbonyl (C=O) groups excluding carboxylic acids is 1. The Kier molecular flexibility index (Phi) is 6.91. The minimum absolute atomic E-state index is 0.0290. The molecule has 0 saturated carbocycles. The molecule has 1 amide bonds. The van der Waals surface area contributed by atoms with Gasteiger partial charge in [0.05, 0.1) is 13.2 Å². The van der Waals surface area contributed by atoms with Gasteiger partial charge in [0.1, 0.15) is 0 Å². The van der Waals surface area contributed by atoms with Gasteiger partial charge in [0, 0.05) is 0 Å². The van der Waals surface area contributed by atoms with Crippen LogP contribution >= 0.6 is 0 Å². The quantitative estimate of drug-likeness (QED) is 0.436. The van der Waals surface area contributed by atoms with Crippen molar-refractivity contribution in [2.24, 2.45) is 11.7 Å². The molecular weight excluding hydrogens is 270 g/mol. The Bertz CT molecular complexity index is 497. The maximum atomic E-state index is 11.5. The van der Waals surface area contributed by atoms with E-state index in [2.05, 4.69) is 0 Å². The van der Waals surface area contributed by atoms with Crippen LogP contribution in [0.25, 0.3) is 6.08 Å². The summed E-state index contributed by atoms with van der Waals surface area (Å²) in [4.78, 5) is 11.5. The molecule has 1 aromatic rings. The summed E-state index contributed by atoms with van der Waals surface area (Å²) in [6, 6.07) is 7.13. The molecular formula is C16H23NO4. The lowest BCUT2D eigenvalue weighted by Crippen LogP contribution is -2.23. The van der Waals surface area contributed by atoms with Crippen LogP contribution in [0.2, 0.25) is 0 Å². The van der Waals surface area contributed by atoms with Crippen LogP contribution in [0.5, 0.6) is 0 Å². The number of amides is 1. The highest BCUT2D eigenvalue weighted by Crippen LogP contribution is 2.13. The van der Waals surface area contributed by atoms with Crippen LogP contribution in [-0.4, -0.2) is 23.9 Å². The summed E-state index contributed by atoms with van der Waals surface area (Å²) < 4.78 is 10.9. The zero-order valence-electron chi connectivity index (χ0n) is 12.7. The monoisotopic (exact) mass is 293 g/mol. The normalized spacial score (nSPS) is 13.3. The zero-order valence-corrected chi connectivity index (χ0v) is 12.7. The highest BCUT2D eigenvalue weighted by atomic mass is 16.7. The molecule has 0 fully saturated rings. The number of rotatable bonds is 8. The summed E-state index contributed by atoms with van der Waals surface area (Å²) in [5, 5.41) is 9.11. The van der Waals surface area contributed by atoms with E-state index in [1.165, 1.54) is 6.08 Å². The van der Waals surface area contributed by atoms with E-state index < -0.39 is 12.2 Å². The Morgan fingerprint density at radius 2 is 2.10 bits per heavy atom. The van der Waals surface area contributed by atoms with Crippen molar-refractivity contribution in [3.05, 3.63) is 41.2 Å². The molecule has 1 aromatic carbocycles. The van der Waals surface area contributed by atoms with Gasteiger partial charge in [-0.05, 0) is 36.1 Å². The molecule has 1 atom stereocenters. The average molecular weight is 293 g/mol. The van der Waals surface area contributed by atoms with Crippen molar-refractivity contribution < 1.29 is 19.4 Å². The van der Waals surface area contributed by atoms with Crippen LogP contribution in [0.3, 0.4) is 0 Å². The third-order valence-corrected chi connectivity index (χ3v) is 2.63. The first-order valence-corrected chi connectivity index (χ1v) is 6.92. The third kappa shape index (κ3) is 6.42. The maximum absolute atomic E-state index is 11.5. The Morgan fingerprint density at radius 3 is 2.67 bits per heavy atom. The van der Waals surface area contributed by atoms with Crippen LogP contribution in [-0.2, 0) is 20.9 Å². The smallest absolute Gasteiger partial charge is 0.283 e. The molecule has 0 aliphatic carbocycles. The molecule has 0 aliphatic heterocycles. The van der Waals surface area contributed by atoms with Gasteiger partial charge in [0.15, 0.2) is 12.0 Å². The number of ether oxygens (including phenoxy) is 2. The second kappa shape index (κ2) is 8.44. The molecule has 0 bridgehead atoms. The van der Waals surface area contributed by atoms with Gasteiger partial charge in [0.2, 0.25) is 0 Å². The van der Waals surface area contributed by atoms with Crippen LogP contribution in [0.4, 0.5) is 0 Å².